The first kappa shape index (κ1) is 13.1. The van der Waals surface area contributed by atoms with Crippen LogP contribution in [-0.4, -0.2) is 36.1 Å². The number of hydrogen-bond acceptors (Lipinski definition) is 4. The van der Waals surface area contributed by atoms with Gasteiger partial charge in [-0.15, -0.1) is 0 Å². The number of nitrogens with zero attached hydrogens (tertiary/aromatic N) is 3. The molecular formula is C16H20N4. The average molecular weight is 268 g/mol. The molecule has 20 heavy (non-hydrogen) atoms. The fraction of sp³-hybridized carbons (Fsp3) is 0.375. The van der Waals surface area contributed by atoms with Crippen LogP contribution in [-0.2, 0) is 0 Å². The van der Waals surface area contributed by atoms with E-state index in [9.17, 15) is 0 Å². The summed E-state index contributed by atoms with van der Waals surface area (Å²) in [5.41, 5.74) is 2.46. The van der Waals surface area contributed by atoms with Gasteiger partial charge in [0.1, 0.15) is 0 Å². The van der Waals surface area contributed by atoms with E-state index in [1.807, 2.05) is 18.5 Å². The molecule has 1 aromatic carbocycles. The highest BCUT2D eigenvalue weighted by atomic mass is 15.3. The van der Waals surface area contributed by atoms with Crippen LogP contribution in [0.15, 0.2) is 42.7 Å². The largest absolute Gasteiger partial charge is 0.338 e. The van der Waals surface area contributed by atoms with E-state index < -0.39 is 0 Å². The van der Waals surface area contributed by atoms with Gasteiger partial charge in [0.05, 0.1) is 0 Å². The van der Waals surface area contributed by atoms with Gasteiger partial charge in [-0.2, -0.15) is 0 Å². The topological polar surface area (TPSA) is 41.1 Å². The van der Waals surface area contributed by atoms with Gasteiger partial charge in [0.15, 0.2) is 0 Å². The number of rotatable bonds is 3. The highest BCUT2D eigenvalue weighted by molar-refractivity contribution is 5.34. The molecule has 3 rings (SSSR count). The van der Waals surface area contributed by atoms with Crippen molar-refractivity contribution in [1.29, 1.82) is 0 Å². The molecule has 1 aliphatic rings. The van der Waals surface area contributed by atoms with Crippen LogP contribution in [0.25, 0.3) is 0 Å². The second-order valence-electron chi connectivity index (χ2n) is 5.19. The maximum Gasteiger partial charge on any atom is 0.225 e. The van der Waals surface area contributed by atoms with E-state index in [-0.39, 0.29) is 0 Å². The normalized spacial score (nSPS) is 16.9. The van der Waals surface area contributed by atoms with Gasteiger partial charge in [0.2, 0.25) is 5.95 Å². The lowest BCUT2D eigenvalue weighted by Gasteiger charge is -2.27. The molecule has 0 radical (unpaired) electrons. The van der Waals surface area contributed by atoms with Gasteiger partial charge in [0.25, 0.3) is 0 Å². The van der Waals surface area contributed by atoms with Crippen molar-refractivity contribution < 1.29 is 0 Å². The van der Waals surface area contributed by atoms with Crippen LogP contribution in [0.1, 0.15) is 24.0 Å². The van der Waals surface area contributed by atoms with Gasteiger partial charge in [-0.3, -0.25) is 0 Å². The summed E-state index contributed by atoms with van der Waals surface area (Å²) in [5.74, 6) is 1.17. The number of aromatic nitrogens is 2. The molecule has 1 atom stereocenters. The second kappa shape index (κ2) is 6.01. The lowest BCUT2D eigenvalue weighted by atomic mass is 9.96. The Morgan fingerprint density at radius 2 is 1.65 bits per heavy atom. The summed E-state index contributed by atoms with van der Waals surface area (Å²) in [7, 11) is 0. The number of hydrogen-bond donors (Lipinski definition) is 1. The maximum atomic E-state index is 4.54. The Hall–Kier alpha value is -1.94. The van der Waals surface area contributed by atoms with E-state index in [1.165, 1.54) is 5.56 Å². The van der Waals surface area contributed by atoms with Crippen LogP contribution >= 0.6 is 0 Å². The van der Waals surface area contributed by atoms with Crippen molar-refractivity contribution in [2.75, 3.05) is 31.1 Å². The number of nitrogens with one attached hydrogen (secondary N) is 1. The molecule has 1 aromatic heterocycles. The van der Waals surface area contributed by atoms with Gasteiger partial charge < -0.3 is 10.2 Å². The molecule has 0 aliphatic carbocycles. The summed E-state index contributed by atoms with van der Waals surface area (Å²) in [6.45, 7) is 6.16. The van der Waals surface area contributed by atoms with Crippen LogP contribution in [0, 0.1) is 0 Å². The van der Waals surface area contributed by atoms with Crippen molar-refractivity contribution in [3.63, 3.8) is 0 Å². The first-order valence-electron chi connectivity index (χ1n) is 7.17. The molecular weight excluding hydrogens is 248 g/mol. The van der Waals surface area contributed by atoms with Crippen LogP contribution in [0.3, 0.4) is 0 Å². The fourth-order valence-corrected chi connectivity index (χ4v) is 2.52. The zero-order valence-electron chi connectivity index (χ0n) is 11.8. The average Bonchev–Trinajstić information content (AvgIpc) is 2.56. The lowest BCUT2D eigenvalue weighted by Crippen LogP contribution is -2.44. The van der Waals surface area contributed by atoms with E-state index in [1.54, 1.807) is 0 Å². The van der Waals surface area contributed by atoms with E-state index in [0.29, 0.717) is 5.92 Å². The maximum absolute atomic E-state index is 4.54. The van der Waals surface area contributed by atoms with Crippen LogP contribution in [0.2, 0.25) is 0 Å². The van der Waals surface area contributed by atoms with E-state index in [4.69, 9.17) is 0 Å². The first-order chi connectivity index (χ1) is 9.84. The molecule has 2 aromatic rings. The molecule has 4 nitrogen and oxygen atoms in total. The fourth-order valence-electron chi connectivity index (χ4n) is 2.52. The molecule has 1 fully saturated rings. The third-order valence-corrected chi connectivity index (χ3v) is 3.86. The van der Waals surface area contributed by atoms with Crippen LogP contribution < -0.4 is 10.2 Å². The lowest BCUT2D eigenvalue weighted by molar-refractivity contribution is 0.579. The van der Waals surface area contributed by atoms with E-state index in [0.717, 1.165) is 37.7 Å². The molecule has 1 N–H and O–H groups in total. The first-order valence-corrected chi connectivity index (χ1v) is 7.17. The van der Waals surface area contributed by atoms with E-state index in [2.05, 4.69) is 51.4 Å². The summed E-state index contributed by atoms with van der Waals surface area (Å²) >= 11 is 0. The van der Waals surface area contributed by atoms with Gasteiger partial charge in [0, 0.05) is 44.5 Å². The molecule has 0 bridgehead atoms. The summed E-state index contributed by atoms with van der Waals surface area (Å²) in [5, 5.41) is 3.34. The molecule has 4 heteroatoms. The SMILES string of the molecule is CC(c1ccccc1)c1cnc(N2CCNCC2)nc1. The van der Waals surface area contributed by atoms with Crippen molar-refractivity contribution in [2.24, 2.45) is 0 Å². The predicted octanol–water partition coefficient (Wildman–Crippen LogP) is 2.04. The molecule has 0 saturated carbocycles. The zero-order valence-corrected chi connectivity index (χ0v) is 11.8. The molecule has 1 saturated heterocycles. The molecule has 0 amide bonds. The predicted molar refractivity (Wildman–Crippen MR) is 81.1 cm³/mol. The van der Waals surface area contributed by atoms with Gasteiger partial charge >= 0.3 is 0 Å². The summed E-state index contributed by atoms with van der Waals surface area (Å²) in [6.07, 6.45) is 3.92. The molecule has 2 heterocycles. The quantitative estimate of drug-likeness (QED) is 0.925. The van der Waals surface area contributed by atoms with Gasteiger partial charge in [-0.1, -0.05) is 37.3 Å². The number of anilines is 1. The van der Waals surface area contributed by atoms with Crippen molar-refractivity contribution in [3.8, 4) is 0 Å². The summed E-state index contributed by atoms with van der Waals surface area (Å²) in [4.78, 5) is 11.3. The summed E-state index contributed by atoms with van der Waals surface area (Å²) in [6, 6.07) is 10.5. The Bertz CT molecular complexity index is 532. The highest BCUT2D eigenvalue weighted by Gasteiger charge is 2.14. The molecule has 0 spiro atoms. The zero-order chi connectivity index (χ0) is 13.8. The Kier molecular flexibility index (Phi) is 3.92. The Morgan fingerprint density at radius 1 is 1.00 bits per heavy atom. The van der Waals surface area contributed by atoms with Crippen molar-refractivity contribution in [2.45, 2.75) is 12.8 Å². The number of piperazine rings is 1. The van der Waals surface area contributed by atoms with Crippen molar-refractivity contribution in [1.82, 2.24) is 15.3 Å². The highest BCUT2D eigenvalue weighted by Crippen LogP contribution is 2.23. The smallest absolute Gasteiger partial charge is 0.225 e. The Labute approximate surface area is 119 Å². The third kappa shape index (κ3) is 2.80. The Balaban J connectivity index is 1.75. The van der Waals surface area contributed by atoms with Crippen LogP contribution in [0.4, 0.5) is 5.95 Å². The molecule has 1 aliphatic heterocycles. The van der Waals surface area contributed by atoms with Crippen LogP contribution in [0.5, 0.6) is 0 Å². The van der Waals surface area contributed by atoms with E-state index >= 15 is 0 Å². The standard InChI is InChI=1S/C16H20N4/c1-13(14-5-3-2-4-6-14)15-11-18-16(19-12-15)20-9-7-17-8-10-20/h2-6,11-13,17H,7-10H2,1H3. The van der Waals surface area contributed by atoms with Gasteiger partial charge in [-0.25, -0.2) is 9.97 Å². The monoisotopic (exact) mass is 268 g/mol. The number of benzene rings is 1. The van der Waals surface area contributed by atoms with Crippen molar-refractivity contribution >= 4 is 5.95 Å². The minimum absolute atomic E-state index is 0.327. The second-order valence-corrected chi connectivity index (χ2v) is 5.19. The van der Waals surface area contributed by atoms with Gasteiger partial charge in [-0.05, 0) is 11.1 Å². The molecule has 1 unspecified atom stereocenters. The minimum atomic E-state index is 0.327. The summed E-state index contributed by atoms with van der Waals surface area (Å²) < 4.78 is 0. The molecule has 104 valence electrons. The third-order valence-electron chi connectivity index (χ3n) is 3.86. The minimum Gasteiger partial charge on any atom is -0.338 e. The Morgan fingerprint density at radius 3 is 2.30 bits per heavy atom. The van der Waals surface area contributed by atoms with Crippen molar-refractivity contribution in [3.05, 3.63) is 53.9 Å².